The molecule has 0 spiro atoms. The maximum Gasteiger partial charge on any atom is 0.311 e. The number of carbonyl (C=O) groups excluding carboxylic acids is 1. The topological polar surface area (TPSA) is 59.3 Å². The average molecular weight is 436 g/mol. The summed E-state index contributed by atoms with van der Waals surface area (Å²) in [5.41, 5.74) is 2.27. The third kappa shape index (κ3) is 7.07. The van der Waals surface area contributed by atoms with E-state index >= 15 is 0 Å². The summed E-state index contributed by atoms with van der Waals surface area (Å²) in [5.74, 6) is -1.28. The minimum atomic E-state index is -1.02. The first-order valence-corrected chi connectivity index (χ1v) is 12.4. The molecule has 1 fully saturated rings. The van der Waals surface area contributed by atoms with E-state index in [1.54, 1.807) is 0 Å². The van der Waals surface area contributed by atoms with Crippen LogP contribution in [0.25, 0.3) is 5.57 Å². The van der Waals surface area contributed by atoms with Crippen LogP contribution in [0.3, 0.4) is 0 Å². The average Bonchev–Trinajstić information content (AvgIpc) is 2.84. The molecule has 1 saturated carbocycles. The van der Waals surface area contributed by atoms with Crippen molar-refractivity contribution in [3.8, 4) is 6.07 Å². The highest BCUT2D eigenvalue weighted by molar-refractivity contribution is 5.76. The van der Waals surface area contributed by atoms with Crippen LogP contribution in [0, 0.1) is 23.2 Å². The number of hydrogen-bond acceptors (Lipinski definition) is 4. The molecule has 1 atom stereocenters. The molecule has 1 aromatic carbocycles. The van der Waals surface area contributed by atoms with E-state index in [-0.39, 0.29) is 17.8 Å². The van der Waals surface area contributed by atoms with E-state index in [0.29, 0.717) is 13.0 Å². The van der Waals surface area contributed by atoms with Crippen LogP contribution in [0.5, 0.6) is 0 Å². The van der Waals surface area contributed by atoms with Crippen LogP contribution >= 0.6 is 0 Å². The summed E-state index contributed by atoms with van der Waals surface area (Å²) in [6.45, 7) is 2.81. The maximum absolute atomic E-state index is 13.0. The number of carbonyl (C=O) groups is 1. The molecule has 0 heterocycles. The summed E-state index contributed by atoms with van der Waals surface area (Å²) in [4.78, 5) is 13.0. The Morgan fingerprint density at radius 3 is 2.44 bits per heavy atom. The van der Waals surface area contributed by atoms with Gasteiger partial charge in [0.25, 0.3) is 0 Å². The van der Waals surface area contributed by atoms with Gasteiger partial charge in [-0.15, -0.1) is 0 Å². The largest absolute Gasteiger partial charge is 0.429 e. The molecule has 0 saturated heterocycles. The van der Waals surface area contributed by atoms with Crippen molar-refractivity contribution >= 4 is 11.5 Å². The Hall–Kier alpha value is -2.38. The fourth-order valence-electron chi connectivity index (χ4n) is 4.50. The van der Waals surface area contributed by atoms with E-state index in [0.717, 1.165) is 49.7 Å². The molecular weight excluding hydrogens is 398 g/mol. The van der Waals surface area contributed by atoms with Crippen LogP contribution in [-0.4, -0.2) is 18.4 Å². The molecule has 0 bridgehead atoms. The zero-order valence-electron chi connectivity index (χ0n) is 19.4. The number of nitriles is 1. The van der Waals surface area contributed by atoms with Gasteiger partial charge in [-0.25, -0.2) is 0 Å². The van der Waals surface area contributed by atoms with E-state index in [4.69, 9.17) is 14.7 Å². The fraction of sp³-hybridized carbons (Fsp3) is 0.571. The molecule has 32 heavy (non-hydrogen) atoms. The Balaban J connectivity index is 1.60. The van der Waals surface area contributed by atoms with E-state index in [9.17, 15) is 4.79 Å². The first-order valence-electron chi connectivity index (χ1n) is 12.4. The molecule has 1 aromatic rings. The number of ether oxygens (including phenoxy) is 2. The number of rotatable bonds is 11. The summed E-state index contributed by atoms with van der Waals surface area (Å²) in [6.07, 6.45) is 16.7. The zero-order valence-corrected chi connectivity index (χ0v) is 19.4. The summed E-state index contributed by atoms with van der Waals surface area (Å²) in [5, 5.41) is 9.12. The highest BCUT2D eigenvalue weighted by Crippen LogP contribution is 2.35. The lowest BCUT2D eigenvalue weighted by atomic mass is 9.83. The van der Waals surface area contributed by atoms with Gasteiger partial charge in [-0.05, 0) is 49.3 Å². The summed E-state index contributed by atoms with van der Waals surface area (Å²) >= 11 is 0. The summed E-state index contributed by atoms with van der Waals surface area (Å²) < 4.78 is 12.3. The van der Waals surface area contributed by atoms with Crippen molar-refractivity contribution in [3.63, 3.8) is 0 Å². The number of allylic oxidation sites excluding steroid dienone is 2. The quantitative estimate of drug-likeness (QED) is 0.214. The third-order valence-electron chi connectivity index (χ3n) is 6.59. The van der Waals surface area contributed by atoms with Crippen molar-refractivity contribution in [2.75, 3.05) is 6.61 Å². The fourth-order valence-corrected chi connectivity index (χ4v) is 4.50. The molecule has 0 N–H and O–H groups in total. The summed E-state index contributed by atoms with van der Waals surface area (Å²) in [7, 11) is 0. The lowest BCUT2D eigenvalue weighted by Crippen LogP contribution is -2.40. The second-order valence-corrected chi connectivity index (χ2v) is 9.09. The molecule has 2 aliphatic carbocycles. The highest BCUT2D eigenvalue weighted by atomic mass is 16.7. The smallest absolute Gasteiger partial charge is 0.311 e. The third-order valence-corrected chi connectivity index (χ3v) is 6.59. The van der Waals surface area contributed by atoms with Crippen LogP contribution in [0.4, 0.5) is 0 Å². The molecular formula is C28H37NO3. The Labute approximate surface area is 193 Å². The number of unbranched alkanes of at least 4 members (excludes halogenated alkanes) is 5. The lowest BCUT2D eigenvalue weighted by Gasteiger charge is -2.34. The van der Waals surface area contributed by atoms with Crippen molar-refractivity contribution in [1.29, 1.82) is 5.26 Å². The van der Waals surface area contributed by atoms with Gasteiger partial charge in [-0.3, -0.25) is 4.79 Å². The van der Waals surface area contributed by atoms with Gasteiger partial charge in [-0.1, -0.05) is 81.5 Å². The van der Waals surface area contributed by atoms with Crippen LogP contribution < -0.4 is 0 Å². The number of hydrogen-bond donors (Lipinski definition) is 0. The molecule has 4 heteroatoms. The van der Waals surface area contributed by atoms with Gasteiger partial charge in [-0.2, -0.15) is 5.26 Å². The molecule has 3 rings (SSSR count). The van der Waals surface area contributed by atoms with Crippen LogP contribution in [-0.2, 0) is 14.3 Å². The molecule has 4 nitrogen and oxygen atoms in total. The molecule has 172 valence electrons. The van der Waals surface area contributed by atoms with Crippen molar-refractivity contribution in [2.24, 2.45) is 11.8 Å². The van der Waals surface area contributed by atoms with Gasteiger partial charge < -0.3 is 9.47 Å². The summed E-state index contributed by atoms with van der Waals surface area (Å²) in [6, 6.07) is 12.6. The van der Waals surface area contributed by atoms with Gasteiger partial charge >= 0.3 is 5.97 Å². The highest BCUT2D eigenvalue weighted by Gasteiger charge is 2.37. The molecule has 0 amide bonds. The van der Waals surface area contributed by atoms with E-state index in [1.807, 2.05) is 30.4 Å². The number of benzene rings is 1. The number of esters is 1. The van der Waals surface area contributed by atoms with Crippen molar-refractivity contribution < 1.29 is 14.3 Å². The molecule has 0 radical (unpaired) electrons. The predicted octanol–water partition coefficient (Wildman–Crippen LogP) is 6.98. The first kappa shape index (κ1) is 24.3. The van der Waals surface area contributed by atoms with Crippen molar-refractivity contribution in [2.45, 2.75) is 83.3 Å². The Morgan fingerprint density at radius 1 is 1.06 bits per heavy atom. The minimum absolute atomic E-state index is 0.0721. The van der Waals surface area contributed by atoms with Crippen molar-refractivity contribution in [3.05, 3.63) is 54.1 Å². The maximum atomic E-state index is 13.0. The number of nitrogens with zero attached hydrogens (tertiary/aromatic N) is 1. The monoisotopic (exact) mass is 435 g/mol. The first-order chi connectivity index (χ1) is 15.7. The van der Waals surface area contributed by atoms with Crippen LogP contribution in [0.15, 0.2) is 48.6 Å². The van der Waals surface area contributed by atoms with Crippen LogP contribution in [0.2, 0.25) is 0 Å². The lowest BCUT2D eigenvalue weighted by molar-refractivity contribution is -0.214. The molecule has 2 aliphatic rings. The van der Waals surface area contributed by atoms with Gasteiger partial charge in [0.15, 0.2) is 0 Å². The molecule has 0 aliphatic heterocycles. The minimum Gasteiger partial charge on any atom is -0.429 e. The van der Waals surface area contributed by atoms with E-state index < -0.39 is 5.79 Å². The molecule has 0 aromatic heterocycles. The normalized spacial score (nSPS) is 25.1. The SMILES string of the molecule is CCCCCCCCOC1(OC(=O)C2CCC(C#N)CC2)C=CC(c2ccccc2)=CC1. The molecule has 1 unspecified atom stereocenters. The van der Waals surface area contributed by atoms with Gasteiger partial charge in [0.1, 0.15) is 0 Å². The standard InChI is InChI=1S/C28H37NO3/c1-2-3-4-5-6-10-21-31-28(32-27(30)26-15-13-23(22-29)14-16-26)19-17-25(18-20-28)24-11-8-7-9-12-24/h7-9,11-12,17-19,23,26H,2-6,10,13-16,20-21H2,1H3. The van der Waals surface area contributed by atoms with Gasteiger partial charge in [0.05, 0.1) is 18.6 Å². The Bertz CT molecular complexity index is 815. The van der Waals surface area contributed by atoms with E-state index in [2.05, 4.69) is 31.2 Å². The Morgan fingerprint density at radius 2 is 1.78 bits per heavy atom. The van der Waals surface area contributed by atoms with Crippen molar-refractivity contribution in [1.82, 2.24) is 0 Å². The zero-order chi connectivity index (χ0) is 22.7. The van der Waals surface area contributed by atoms with Gasteiger partial charge in [0.2, 0.25) is 5.79 Å². The predicted molar refractivity (Wildman–Crippen MR) is 127 cm³/mol. The second-order valence-electron chi connectivity index (χ2n) is 9.09. The Kier molecular flexibility index (Phi) is 9.56. The van der Waals surface area contributed by atoms with Crippen LogP contribution in [0.1, 0.15) is 83.1 Å². The van der Waals surface area contributed by atoms with E-state index in [1.165, 1.54) is 25.7 Å². The second kappa shape index (κ2) is 12.6. The van der Waals surface area contributed by atoms with Gasteiger partial charge in [0, 0.05) is 12.3 Å².